The van der Waals surface area contributed by atoms with Crippen molar-refractivity contribution < 1.29 is 4.92 Å². The largest absolute Gasteiger partial charge is 0.278 e. The maximum Gasteiger partial charge on any atom is 0.278 e. The molecule has 0 unspecified atom stereocenters. The molecule has 0 aliphatic carbocycles. The minimum Gasteiger partial charge on any atom is -0.258 e. The van der Waals surface area contributed by atoms with E-state index in [-0.39, 0.29) is 5.69 Å². The number of rotatable bonds is 6. The molecule has 1 aromatic heterocycles. The molecule has 3 aromatic carbocycles. The van der Waals surface area contributed by atoms with Gasteiger partial charge in [-0.25, -0.2) is 15.4 Å². The highest BCUT2D eigenvalue weighted by atomic mass is 16.6. The second-order valence-corrected chi connectivity index (χ2v) is 6.88. The first-order valence-electron chi connectivity index (χ1n) is 9.64. The number of hydrazone groups is 1. The lowest BCUT2D eigenvalue weighted by atomic mass is 10.1. The fraction of sp³-hybridized carbons (Fsp3) is 0.0417. The Labute approximate surface area is 179 Å². The number of nitrogens with one attached hydrogen (secondary N) is 1. The number of aryl methyl sites for hydroxylation is 1. The molecule has 1 N–H and O–H groups in total. The van der Waals surface area contributed by atoms with Crippen LogP contribution in [0.5, 0.6) is 0 Å². The molecule has 0 spiro atoms. The molecule has 0 aliphatic heterocycles. The molecule has 0 radical (unpaired) electrons. The Kier molecular flexibility index (Phi) is 5.75. The summed E-state index contributed by atoms with van der Waals surface area (Å²) in [6.07, 6.45) is 1.39. The van der Waals surface area contributed by atoms with Gasteiger partial charge in [0, 0.05) is 17.2 Å². The third-order valence-corrected chi connectivity index (χ3v) is 4.64. The molecular weight excluding hydrogens is 390 g/mol. The third kappa shape index (κ3) is 4.79. The average molecular weight is 409 g/mol. The van der Waals surface area contributed by atoms with Gasteiger partial charge in [-0.1, -0.05) is 72.3 Å². The summed E-state index contributed by atoms with van der Waals surface area (Å²) in [6, 6.07) is 26.2. The second-order valence-electron chi connectivity index (χ2n) is 6.88. The summed E-state index contributed by atoms with van der Waals surface area (Å²) in [4.78, 5) is 19.9. The van der Waals surface area contributed by atoms with E-state index in [9.17, 15) is 10.1 Å². The van der Waals surface area contributed by atoms with E-state index in [0.29, 0.717) is 11.5 Å². The number of nitrogens with zero attached hydrogens (tertiary/aromatic N) is 4. The lowest BCUT2D eigenvalue weighted by molar-refractivity contribution is -0.385. The summed E-state index contributed by atoms with van der Waals surface area (Å²) in [5.41, 5.74) is 7.74. The molecular formula is C24H19N5O2. The van der Waals surface area contributed by atoms with Gasteiger partial charge in [0.1, 0.15) is 0 Å². The number of hydrogen-bond acceptors (Lipinski definition) is 6. The van der Waals surface area contributed by atoms with E-state index in [1.54, 1.807) is 18.2 Å². The lowest BCUT2D eigenvalue weighted by Crippen LogP contribution is -2.01. The minimum absolute atomic E-state index is 0.0210. The Morgan fingerprint density at radius 2 is 1.48 bits per heavy atom. The Morgan fingerprint density at radius 1 is 0.871 bits per heavy atom. The van der Waals surface area contributed by atoms with Crippen molar-refractivity contribution in [3.05, 3.63) is 106 Å². The maximum atomic E-state index is 11.2. The molecule has 0 amide bonds. The Balaban J connectivity index is 1.69. The highest BCUT2D eigenvalue weighted by molar-refractivity contribution is 5.85. The maximum absolute atomic E-state index is 11.2. The van der Waals surface area contributed by atoms with E-state index >= 15 is 0 Å². The molecule has 0 fully saturated rings. The SMILES string of the molecule is Cc1ccc(-c2cc(-c3ccccc3)nc(NN=Cc3ccccc3[N+](=O)[O-])n2)cc1. The molecule has 4 aromatic rings. The average Bonchev–Trinajstić information content (AvgIpc) is 2.80. The molecule has 0 aliphatic rings. The summed E-state index contributed by atoms with van der Waals surface area (Å²) in [5.74, 6) is 0.298. The van der Waals surface area contributed by atoms with Crippen molar-refractivity contribution in [1.82, 2.24) is 9.97 Å². The minimum atomic E-state index is -0.441. The van der Waals surface area contributed by atoms with Gasteiger partial charge in [0.15, 0.2) is 0 Å². The fourth-order valence-electron chi connectivity index (χ4n) is 3.05. The highest BCUT2D eigenvalue weighted by Crippen LogP contribution is 2.25. The Hall–Kier alpha value is -4.39. The molecule has 1 heterocycles. The first kappa shape index (κ1) is 19.9. The monoisotopic (exact) mass is 409 g/mol. The predicted molar refractivity (Wildman–Crippen MR) is 122 cm³/mol. The van der Waals surface area contributed by atoms with Gasteiger partial charge in [0.25, 0.3) is 5.69 Å². The molecule has 0 saturated carbocycles. The first-order chi connectivity index (χ1) is 15.1. The zero-order valence-corrected chi connectivity index (χ0v) is 16.8. The van der Waals surface area contributed by atoms with E-state index in [2.05, 4.69) is 20.5 Å². The smallest absolute Gasteiger partial charge is 0.258 e. The Bertz CT molecular complexity index is 1240. The van der Waals surface area contributed by atoms with Gasteiger partial charge in [0.05, 0.1) is 28.1 Å². The van der Waals surface area contributed by atoms with E-state index in [0.717, 1.165) is 28.1 Å². The van der Waals surface area contributed by atoms with Crippen molar-refractivity contribution >= 4 is 17.9 Å². The molecule has 4 rings (SSSR count). The van der Waals surface area contributed by atoms with Crippen molar-refractivity contribution in [1.29, 1.82) is 0 Å². The summed E-state index contributed by atoms with van der Waals surface area (Å²) in [6.45, 7) is 2.03. The van der Waals surface area contributed by atoms with Gasteiger partial charge in [-0.2, -0.15) is 5.10 Å². The van der Waals surface area contributed by atoms with Crippen molar-refractivity contribution in [2.45, 2.75) is 6.92 Å². The third-order valence-electron chi connectivity index (χ3n) is 4.64. The van der Waals surface area contributed by atoms with Crippen molar-refractivity contribution in [2.24, 2.45) is 5.10 Å². The van der Waals surface area contributed by atoms with Crippen molar-refractivity contribution in [2.75, 3.05) is 5.43 Å². The van der Waals surface area contributed by atoms with Gasteiger partial charge >= 0.3 is 0 Å². The number of nitro groups is 1. The normalized spacial score (nSPS) is 10.9. The zero-order chi connectivity index (χ0) is 21.6. The van der Waals surface area contributed by atoms with E-state index < -0.39 is 4.92 Å². The molecule has 31 heavy (non-hydrogen) atoms. The van der Waals surface area contributed by atoms with E-state index in [1.165, 1.54) is 12.3 Å². The van der Waals surface area contributed by atoms with Gasteiger partial charge in [-0.3, -0.25) is 10.1 Å². The summed E-state index contributed by atoms with van der Waals surface area (Å²) in [5, 5.41) is 15.3. The Morgan fingerprint density at radius 3 is 2.16 bits per heavy atom. The van der Waals surface area contributed by atoms with Crippen molar-refractivity contribution in [3.63, 3.8) is 0 Å². The first-order valence-corrected chi connectivity index (χ1v) is 9.64. The zero-order valence-electron chi connectivity index (χ0n) is 16.8. The van der Waals surface area contributed by atoms with Crippen molar-refractivity contribution in [3.8, 4) is 22.5 Å². The standard InChI is InChI=1S/C24H19N5O2/c1-17-11-13-19(14-12-17)22-15-21(18-7-3-2-4-8-18)26-24(27-22)28-25-16-20-9-5-6-10-23(20)29(30)31/h2-16H,1H3,(H,26,27,28). The number of para-hydroxylation sites is 1. The van der Waals surface area contributed by atoms with Gasteiger partial charge in [-0.15, -0.1) is 0 Å². The fourth-order valence-corrected chi connectivity index (χ4v) is 3.05. The van der Waals surface area contributed by atoms with Crippen LogP contribution in [-0.4, -0.2) is 21.1 Å². The summed E-state index contributed by atoms with van der Waals surface area (Å²) >= 11 is 0. The number of hydrogen-bond donors (Lipinski definition) is 1. The van der Waals surface area contributed by atoms with Crippen LogP contribution >= 0.6 is 0 Å². The van der Waals surface area contributed by atoms with Crippen LogP contribution in [0.1, 0.15) is 11.1 Å². The van der Waals surface area contributed by atoms with Crippen LogP contribution in [0.2, 0.25) is 0 Å². The number of benzene rings is 3. The topological polar surface area (TPSA) is 93.3 Å². The van der Waals surface area contributed by atoms with Gasteiger partial charge in [0.2, 0.25) is 5.95 Å². The van der Waals surface area contributed by atoms with Crippen LogP contribution < -0.4 is 5.43 Å². The van der Waals surface area contributed by atoms with E-state index in [1.807, 2.05) is 67.6 Å². The van der Waals surface area contributed by atoms with Gasteiger partial charge < -0.3 is 0 Å². The second kappa shape index (κ2) is 8.96. The molecule has 7 nitrogen and oxygen atoms in total. The molecule has 0 bridgehead atoms. The number of aromatic nitrogens is 2. The molecule has 0 saturated heterocycles. The van der Waals surface area contributed by atoms with Crippen LogP contribution in [0.25, 0.3) is 22.5 Å². The number of anilines is 1. The molecule has 152 valence electrons. The number of nitro benzene ring substituents is 1. The van der Waals surface area contributed by atoms with Crippen LogP contribution in [-0.2, 0) is 0 Å². The predicted octanol–water partition coefficient (Wildman–Crippen LogP) is 5.47. The van der Waals surface area contributed by atoms with Crippen LogP contribution in [0.4, 0.5) is 11.6 Å². The molecule has 0 atom stereocenters. The summed E-state index contributed by atoms with van der Waals surface area (Å²) < 4.78 is 0. The van der Waals surface area contributed by atoms with Crippen LogP contribution in [0, 0.1) is 17.0 Å². The van der Waals surface area contributed by atoms with E-state index in [4.69, 9.17) is 0 Å². The summed E-state index contributed by atoms with van der Waals surface area (Å²) in [7, 11) is 0. The molecule has 7 heteroatoms. The highest BCUT2D eigenvalue weighted by Gasteiger charge is 2.11. The van der Waals surface area contributed by atoms with Crippen LogP contribution in [0.15, 0.2) is 90.0 Å². The quantitative estimate of drug-likeness (QED) is 0.259. The lowest BCUT2D eigenvalue weighted by Gasteiger charge is -2.08. The van der Waals surface area contributed by atoms with Gasteiger partial charge in [-0.05, 0) is 19.1 Å². The van der Waals surface area contributed by atoms with Crippen LogP contribution in [0.3, 0.4) is 0 Å².